The molecule has 256 valence electrons. The maximum atomic E-state index is 2.62. The van der Waals surface area contributed by atoms with Gasteiger partial charge in [0.05, 0.1) is 22.9 Å². The number of fused-ring (bicyclic) bond motifs is 4. The van der Waals surface area contributed by atoms with E-state index < -0.39 is 0 Å². The zero-order chi connectivity index (χ0) is 35.8. The van der Waals surface area contributed by atoms with Crippen LogP contribution >= 0.6 is 0 Å². The second kappa shape index (κ2) is 13.6. The summed E-state index contributed by atoms with van der Waals surface area (Å²) in [5.41, 5.74) is 12.1. The third-order valence-electron chi connectivity index (χ3n) is 10.9. The smallest absolute Gasteiger partial charge is 0.0577 e. The molecule has 1 atom stereocenters. The summed E-state index contributed by atoms with van der Waals surface area (Å²) >= 11 is 0. The Bertz CT molecular complexity index is 2820. The molecule has 2 heteroatoms. The van der Waals surface area contributed by atoms with Gasteiger partial charge in [-0.3, -0.25) is 0 Å². The molecule has 9 aromatic rings. The molecule has 10 rings (SSSR count). The van der Waals surface area contributed by atoms with Crippen molar-refractivity contribution in [3.05, 3.63) is 212 Å². The van der Waals surface area contributed by atoms with Crippen molar-refractivity contribution in [2.75, 3.05) is 4.90 Å². The average molecular weight is 691 g/mol. The van der Waals surface area contributed by atoms with Gasteiger partial charge in [0.15, 0.2) is 0 Å². The SMILES string of the molecule is C1=CCC(n2c(-c3ccccc3)c(-c3ccccc3)c3ccc4c(-c5ccc(N(c6ccccc6)c6cccc7ccccc67)cc5)cccc4c32)C=C1. The van der Waals surface area contributed by atoms with Gasteiger partial charge < -0.3 is 9.47 Å². The van der Waals surface area contributed by atoms with E-state index in [4.69, 9.17) is 0 Å². The van der Waals surface area contributed by atoms with Gasteiger partial charge >= 0.3 is 0 Å². The lowest BCUT2D eigenvalue weighted by molar-refractivity contribution is 0.636. The van der Waals surface area contributed by atoms with Crippen LogP contribution in [0.25, 0.3) is 66.0 Å². The topological polar surface area (TPSA) is 8.17 Å². The molecule has 1 aromatic heterocycles. The molecule has 0 N–H and O–H groups in total. The van der Waals surface area contributed by atoms with Gasteiger partial charge in [-0.25, -0.2) is 0 Å². The number of allylic oxidation sites excluding steroid dienone is 4. The van der Waals surface area contributed by atoms with Gasteiger partial charge in [0.25, 0.3) is 0 Å². The second-order valence-electron chi connectivity index (χ2n) is 14.0. The molecular weight excluding hydrogens is 653 g/mol. The fourth-order valence-corrected chi connectivity index (χ4v) is 8.48. The molecule has 0 fully saturated rings. The van der Waals surface area contributed by atoms with Crippen LogP contribution in [0.15, 0.2) is 212 Å². The minimum absolute atomic E-state index is 0.191. The summed E-state index contributed by atoms with van der Waals surface area (Å²) in [6.45, 7) is 0. The van der Waals surface area contributed by atoms with Crippen LogP contribution in [0.5, 0.6) is 0 Å². The summed E-state index contributed by atoms with van der Waals surface area (Å²) in [6.07, 6.45) is 9.97. The first-order chi connectivity index (χ1) is 26.8. The van der Waals surface area contributed by atoms with E-state index in [1.165, 1.54) is 66.0 Å². The summed E-state index contributed by atoms with van der Waals surface area (Å²) < 4.78 is 2.62. The van der Waals surface area contributed by atoms with E-state index in [0.717, 1.165) is 23.5 Å². The van der Waals surface area contributed by atoms with E-state index in [2.05, 4.69) is 222 Å². The predicted octanol–water partition coefficient (Wildman–Crippen LogP) is 14.5. The Morgan fingerprint density at radius 3 is 1.83 bits per heavy atom. The van der Waals surface area contributed by atoms with Gasteiger partial charge in [0, 0.05) is 33.1 Å². The van der Waals surface area contributed by atoms with Gasteiger partial charge in [0.1, 0.15) is 0 Å². The zero-order valence-corrected chi connectivity index (χ0v) is 29.9. The summed E-state index contributed by atoms with van der Waals surface area (Å²) in [6, 6.07) is 68.5. The van der Waals surface area contributed by atoms with Crippen molar-refractivity contribution < 1.29 is 0 Å². The Morgan fingerprint density at radius 1 is 0.444 bits per heavy atom. The van der Waals surface area contributed by atoms with Crippen LogP contribution < -0.4 is 4.90 Å². The number of rotatable bonds is 7. The molecule has 1 unspecified atom stereocenters. The molecule has 54 heavy (non-hydrogen) atoms. The minimum Gasteiger partial charge on any atom is -0.332 e. The second-order valence-corrected chi connectivity index (χ2v) is 14.0. The third kappa shape index (κ3) is 5.43. The Labute approximate surface area is 316 Å². The Balaban J connectivity index is 1.17. The molecule has 0 bridgehead atoms. The van der Waals surface area contributed by atoms with Crippen LogP contribution in [0.1, 0.15) is 12.5 Å². The highest BCUT2D eigenvalue weighted by atomic mass is 15.1. The average Bonchev–Trinajstić information content (AvgIpc) is 3.61. The molecule has 0 amide bonds. The highest BCUT2D eigenvalue weighted by Gasteiger charge is 2.26. The summed E-state index contributed by atoms with van der Waals surface area (Å²) in [4.78, 5) is 2.37. The highest BCUT2D eigenvalue weighted by Crippen LogP contribution is 2.47. The van der Waals surface area contributed by atoms with Crippen molar-refractivity contribution in [3.8, 4) is 33.5 Å². The normalized spacial score (nSPS) is 13.9. The summed E-state index contributed by atoms with van der Waals surface area (Å²) in [5, 5.41) is 6.24. The fraction of sp³-hybridized carbons (Fsp3) is 0.0385. The first-order valence-electron chi connectivity index (χ1n) is 18.8. The van der Waals surface area contributed by atoms with E-state index in [1.807, 2.05) is 0 Å². The molecule has 1 heterocycles. The van der Waals surface area contributed by atoms with Gasteiger partial charge in [-0.1, -0.05) is 182 Å². The minimum atomic E-state index is 0.191. The quantitative estimate of drug-likeness (QED) is 0.162. The summed E-state index contributed by atoms with van der Waals surface area (Å²) in [5.74, 6) is 0. The fourth-order valence-electron chi connectivity index (χ4n) is 8.48. The Hall–Kier alpha value is -6.90. The third-order valence-corrected chi connectivity index (χ3v) is 10.9. The number of aromatic nitrogens is 1. The maximum absolute atomic E-state index is 2.62. The lowest BCUT2D eigenvalue weighted by Crippen LogP contribution is -2.10. The van der Waals surface area contributed by atoms with Gasteiger partial charge in [0.2, 0.25) is 0 Å². The van der Waals surface area contributed by atoms with Gasteiger partial charge in [-0.15, -0.1) is 0 Å². The van der Waals surface area contributed by atoms with E-state index in [-0.39, 0.29) is 6.04 Å². The molecule has 1 aliphatic rings. The van der Waals surface area contributed by atoms with Crippen LogP contribution in [0.2, 0.25) is 0 Å². The Morgan fingerprint density at radius 2 is 1.07 bits per heavy atom. The lowest BCUT2D eigenvalue weighted by Gasteiger charge is -2.27. The molecule has 2 nitrogen and oxygen atoms in total. The van der Waals surface area contributed by atoms with E-state index >= 15 is 0 Å². The van der Waals surface area contributed by atoms with Crippen molar-refractivity contribution in [2.24, 2.45) is 0 Å². The van der Waals surface area contributed by atoms with E-state index in [1.54, 1.807) is 0 Å². The van der Waals surface area contributed by atoms with E-state index in [9.17, 15) is 0 Å². The monoisotopic (exact) mass is 690 g/mol. The van der Waals surface area contributed by atoms with Crippen molar-refractivity contribution in [3.63, 3.8) is 0 Å². The number of nitrogens with zero attached hydrogens (tertiary/aromatic N) is 2. The molecule has 1 aliphatic carbocycles. The Kier molecular flexibility index (Phi) is 8.00. The molecule has 0 radical (unpaired) electrons. The molecule has 0 saturated heterocycles. The summed E-state index contributed by atoms with van der Waals surface area (Å²) in [7, 11) is 0. The van der Waals surface area contributed by atoms with Crippen molar-refractivity contribution in [1.29, 1.82) is 0 Å². The number of benzene rings is 8. The van der Waals surface area contributed by atoms with Crippen LogP contribution in [0, 0.1) is 0 Å². The van der Waals surface area contributed by atoms with Crippen molar-refractivity contribution in [2.45, 2.75) is 12.5 Å². The largest absolute Gasteiger partial charge is 0.332 e. The predicted molar refractivity (Wildman–Crippen MR) is 230 cm³/mol. The zero-order valence-electron chi connectivity index (χ0n) is 29.9. The highest BCUT2D eigenvalue weighted by molar-refractivity contribution is 6.17. The molecular formula is C52H38N2. The molecule has 0 aliphatic heterocycles. The number of hydrogen-bond acceptors (Lipinski definition) is 1. The molecule has 0 saturated carbocycles. The van der Waals surface area contributed by atoms with E-state index in [0.29, 0.717) is 0 Å². The number of para-hydroxylation sites is 1. The maximum Gasteiger partial charge on any atom is 0.0577 e. The van der Waals surface area contributed by atoms with Crippen molar-refractivity contribution in [1.82, 2.24) is 4.57 Å². The first-order valence-corrected chi connectivity index (χ1v) is 18.8. The molecule has 8 aromatic carbocycles. The van der Waals surface area contributed by atoms with Crippen LogP contribution in [0.3, 0.4) is 0 Å². The van der Waals surface area contributed by atoms with Crippen LogP contribution in [0.4, 0.5) is 17.1 Å². The van der Waals surface area contributed by atoms with Gasteiger partial charge in [-0.2, -0.15) is 0 Å². The van der Waals surface area contributed by atoms with Crippen molar-refractivity contribution >= 4 is 49.5 Å². The first kappa shape index (κ1) is 31.8. The standard InChI is InChI=1S/C52H38N2/c1-5-18-39(19-6-1)50-48-36-35-46-44(28-16-29-47(46)52(48)54(42-25-11-4-12-26-42)51(50)40-20-7-2-8-21-40)38-31-33-43(34-32-38)53(41-23-9-3-10-24-41)49-30-15-22-37-17-13-14-27-45(37)49/h1-25,27-36,42H,26H2. The number of anilines is 3. The van der Waals surface area contributed by atoms with Crippen LogP contribution in [-0.4, -0.2) is 4.57 Å². The lowest BCUT2D eigenvalue weighted by atomic mass is 9.94. The van der Waals surface area contributed by atoms with Crippen LogP contribution in [-0.2, 0) is 0 Å². The van der Waals surface area contributed by atoms with Gasteiger partial charge in [-0.05, 0) is 69.8 Å². The molecule has 0 spiro atoms. The number of hydrogen-bond donors (Lipinski definition) is 0.